The van der Waals surface area contributed by atoms with Crippen molar-refractivity contribution in [3.8, 4) is 5.88 Å². The summed E-state index contributed by atoms with van der Waals surface area (Å²) >= 11 is 0. The zero-order chi connectivity index (χ0) is 18.7. The number of nitrogens with zero attached hydrogens (tertiary/aromatic N) is 3. The molecule has 1 aromatic rings. The second-order valence-corrected chi connectivity index (χ2v) is 8.48. The molecule has 0 amide bonds. The van der Waals surface area contributed by atoms with Crippen LogP contribution in [0, 0.1) is 18.8 Å². The first-order valence-corrected chi connectivity index (χ1v) is 10.4. The van der Waals surface area contributed by atoms with Gasteiger partial charge in [0.2, 0.25) is 5.88 Å². The Morgan fingerprint density at radius 1 is 1.23 bits per heavy atom. The third-order valence-electron chi connectivity index (χ3n) is 6.03. The first kappa shape index (κ1) is 19.2. The van der Waals surface area contributed by atoms with Crippen LogP contribution in [0.5, 0.6) is 5.88 Å². The molecule has 2 saturated carbocycles. The Balaban J connectivity index is 1.73. The van der Waals surface area contributed by atoms with Gasteiger partial charge in [-0.3, -0.25) is 0 Å². The minimum absolute atomic E-state index is 0.329. The van der Waals surface area contributed by atoms with Gasteiger partial charge in [0.15, 0.2) is 0 Å². The van der Waals surface area contributed by atoms with Crippen molar-refractivity contribution in [2.75, 3.05) is 13.6 Å². The van der Waals surface area contributed by atoms with Gasteiger partial charge >= 0.3 is 0 Å². The van der Waals surface area contributed by atoms with Crippen molar-refractivity contribution in [2.45, 2.75) is 78.2 Å². The van der Waals surface area contributed by atoms with Crippen LogP contribution < -0.4 is 4.74 Å². The van der Waals surface area contributed by atoms with Gasteiger partial charge in [-0.15, -0.1) is 0 Å². The van der Waals surface area contributed by atoms with Gasteiger partial charge in [0.25, 0.3) is 0 Å². The highest BCUT2D eigenvalue weighted by Crippen LogP contribution is 2.46. The number of hydrogen-bond donors (Lipinski definition) is 0. The van der Waals surface area contributed by atoms with Crippen molar-refractivity contribution in [3.05, 3.63) is 17.3 Å². The summed E-state index contributed by atoms with van der Waals surface area (Å²) in [6, 6.07) is 2.22. The van der Waals surface area contributed by atoms with E-state index in [2.05, 4.69) is 36.7 Å². The van der Waals surface area contributed by atoms with Crippen molar-refractivity contribution in [2.24, 2.45) is 16.8 Å². The molecule has 2 fully saturated rings. The summed E-state index contributed by atoms with van der Waals surface area (Å²) in [6.07, 6.45) is 9.61. The molecule has 0 bridgehead atoms. The van der Waals surface area contributed by atoms with E-state index in [-0.39, 0.29) is 0 Å². The topological polar surface area (TPSA) is 37.7 Å². The van der Waals surface area contributed by atoms with Crippen molar-refractivity contribution in [1.82, 2.24) is 9.88 Å². The number of aromatic nitrogens is 1. The van der Waals surface area contributed by atoms with Crippen LogP contribution in [0.2, 0.25) is 0 Å². The smallest absolute Gasteiger partial charge is 0.217 e. The molecule has 0 radical (unpaired) electrons. The largest absolute Gasteiger partial charge is 0.474 e. The van der Waals surface area contributed by atoms with Gasteiger partial charge in [-0.2, -0.15) is 0 Å². The van der Waals surface area contributed by atoms with E-state index in [0.717, 1.165) is 48.5 Å². The molecule has 4 heteroatoms. The van der Waals surface area contributed by atoms with E-state index in [1.165, 1.54) is 31.2 Å². The fourth-order valence-electron chi connectivity index (χ4n) is 3.77. The van der Waals surface area contributed by atoms with Crippen LogP contribution >= 0.6 is 0 Å². The van der Waals surface area contributed by atoms with Crippen LogP contribution in [0.4, 0.5) is 5.69 Å². The quantitative estimate of drug-likeness (QED) is 0.479. The van der Waals surface area contributed by atoms with Gasteiger partial charge in [0, 0.05) is 19.2 Å². The second kappa shape index (κ2) is 8.41. The molecule has 0 aromatic carbocycles. The molecule has 26 heavy (non-hydrogen) atoms. The van der Waals surface area contributed by atoms with Gasteiger partial charge < -0.3 is 9.64 Å². The van der Waals surface area contributed by atoms with E-state index in [1.807, 2.05) is 20.3 Å². The third kappa shape index (κ3) is 4.77. The van der Waals surface area contributed by atoms with E-state index in [0.29, 0.717) is 12.0 Å². The fourth-order valence-corrected chi connectivity index (χ4v) is 3.77. The molecule has 2 aliphatic rings. The molecule has 2 aliphatic carbocycles. The van der Waals surface area contributed by atoms with E-state index < -0.39 is 0 Å². The van der Waals surface area contributed by atoms with Crippen molar-refractivity contribution < 1.29 is 4.74 Å². The van der Waals surface area contributed by atoms with Gasteiger partial charge in [-0.25, -0.2) is 9.98 Å². The first-order valence-electron chi connectivity index (χ1n) is 10.4. The SMILES string of the molecule is CCN(C)/C=N/c1cc(C2CC2)c(O[C@H]2CC[C@@H](C(C)C)CC2)nc1C. The standard InChI is InChI=1S/C22H35N3O/c1-6-25(5)14-23-21-13-20(18-7-8-18)22(24-16(21)4)26-19-11-9-17(10-12-19)15(2)3/h13-15,17-19H,6-12H2,1-5H3/b23-14+/t17-,19+. The number of aryl methyl sites for hydroxylation is 1. The fraction of sp³-hybridized carbons (Fsp3) is 0.727. The first-order chi connectivity index (χ1) is 12.5. The van der Waals surface area contributed by atoms with Crippen molar-refractivity contribution in [3.63, 3.8) is 0 Å². The van der Waals surface area contributed by atoms with Crippen LogP contribution in [0.3, 0.4) is 0 Å². The van der Waals surface area contributed by atoms with Crippen LogP contribution in [0.25, 0.3) is 0 Å². The maximum atomic E-state index is 6.43. The third-order valence-corrected chi connectivity index (χ3v) is 6.03. The van der Waals surface area contributed by atoms with Crippen LogP contribution in [0.1, 0.15) is 76.5 Å². The highest BCUT2D eigenvalue weighted by atomic mass is 16.5. The highest BCUT2D eigenvalue weighted by Gasteiger charge is 2.31. The molecule has 144 valence electrons. The molecule has 0 spiro atoms. The molecule has 0 saturated heterocycles. The lowest BCUT2D eigenvalue weighted by Crippen LogP contribution is -2.27. The maximum Gasteiger partial charge on any atom is 0.217 e. The number of pyridine rings is 1. The minimum atomic E-state index is 0.329. The molecule has 0 unspecified atom stereocenters. The van der Waals surface area contributed by atoms with Gasteiger partial charge in [0.1, 0.15) is 6.10 Å². The lowest BCUT2D eigenvalue weighted by molar-refractivity contribution is 0.111. The lowest BCUT2D eigenvalue weighted by Gasteiger charge is -2.31. The molecule has 0 N–H and O–H groups in total. The predicted octanol–water partition coefficient (Wildman–Crippen LogP) is 5.47. The Kier molecular flexibility index (Phi) is 6.20. The predicted molar refractivity (Wildman–Crippen MR) is 109 cm³/mol. The van der Waals surface area contributed by atoms with E-state index >= 15 is 0 Å². The Bertz CT molecular complexity index is 629. The Hall–Kier alpha value is -1.58. The van der Waals surface area contributed by atoms with Crippen molar-refractivity contribution >= 4 is 12.0 Å². The van der Waals surface area contributed by atoms with Crippen LogP contribution in [0.15, 0.2) is 11.1 Å². The van der Waals surface area contributed by atoms with Gasteiger partial charge in [-0.05, 0) is 76.2 Å². The molecular weight excluding hydrogens is 322 g/mol. The average Bonchev–Trinajstić information content (AvgIpc) is 3.46. The van der Waals surface area contributed by atoms with Gasteiger partial charge in [-0.1, -0.05) is 13.8 Å². The number of ether oxygens (including phenoxy) is 1. The summed E-state index contributed by atoms with van der Waals surface area (Å²) in [5.74, 6) is 3.14. The molecular formula is C22H35N3O. The van der Waals surface area contributed by atoms with Crippen LogP contribution in [-0.4, -0.2) is 35.9 Å². The molecule has 0 atom stereocenters. The normalized spacial score (nSPS) is 23.6. The van der Waals surface area contributed by atoms with E-state index in [4.69, 9.17) is 9.72 Å². The number of rotatable bonds is 7. The number of aliphatic imine (C=N–C) groups is 1. The summed E-state index contributed by atoms with van der Waals surface area (Å²) in [6.45, 7) is 9.80. The molecule has 0 aliphatic heterocycles. The van der Waals surface area contributed by atoms with E-state index in [1.54, 1.807) is 0 Å². The van der Waals surface area contributed by atoms with Gasteiger partial charge in [0.05, 0.1) is 17.7 Å². The monoisotopic (exact) mass is 357 g/mol. The maximum absolute atomic E-state index is 6.43. The van der Waals surface area contributed by atoms with Crippen molar-refractivity contribution in [1.29, 1.82) is 0 Å². The Morgan fingerprint density at radius 2 is 1.92 bits per heavy atom. The summed E-state index contributed by atoms with van der Waals surface area (Å²) in [5, 5.41) is 0. The molecule has 1 aromatic heterocycles. The summed E-state index contributed by atoms with van der Waals surface area (Å²) in [7, 11) is 2.04. The highest BCUT2D eigenvalue weighted by molar-refractivity contribution is 5.63. The zero-order valence-electron chi connectivity index (χ0n) is 17.2. The zero-order valence-corrected chi connectivity index (χ0v) is 17.2. The number of hydrogen-bond acceptors (Lipinski definition) is 3. The summed E-state index contributed by atoms with van der Waals surface area (Å²) in [5.41, 5.74) is 3.21. The minimum Gasteiger partial charge on any atom is -0.474 e. The molecule has 1 heterocycles. The van der Waals surface area contributed by atoms with E-state index in [9.17, 15) is 0 Å². The second-order valence-electron chi connectivity index (χ2n) is 8.48. The average molecular weight is 358 g/mol. The lowest BCUT2D eigenvalue weighted by atomic mass is 9.80. The molecule has 4 nitrogen and oxygen atoms in total. The van der Waals surface area contributed by atoms with Crippen LogP contribution in [-0.2, 0) is 0 Å². The Labute approximate surface area is 159 Å². The summed E-state index contributed by atoms with van der Waals surface area (Å²) in [4.78, 5) is 11.6. The summed E-state index contributed by atoms with van der Waals surface area (Å²) < 4.78 is 6.43. The molecule has 3 rings (SSSR count). The Morgan fingerprint density at radius 3 is 2.50 bits per heavy atom.